The Morgan fingerprint density at radius 2 is 1.53 bits per heavy atom. The van der Waals surface area contributed by atoms with Crippen molar-refractivity contribution in [3.63, 3.8) is 0 Å². The molecule has 11 nitrogen and oxygen atoms in total. The number of carbonyl (C=O) groups excluding carboxylic acids is 3. The van der Waals surface area contributed by atoms with E-state index in [2.05, 4.69) is 20.9 Å². The van der Waals surface area contributed by atoms with Crippen LogP contribution in [0.3, 0.4) is 0 Å². The summed E-state index contributed by atoms with van der Waals surface area (Å²) in [5.74, 6) is -3.48. The first-order chi connectivity index (χ1) is 18.0. The number of fused-ring (bicyclic) bond motifs is 1. The van der Waals surface area contributed by atoms with Crippen LogP contribution in [-0.4, -0.2) is 64.5 Å². The van der Waals surface area contributed by atoms with Crippen LogP contribution in [0.15, 0.2) is 30.5 Å². The molecular weight excluding hydrogens is 488 g/mol. The van der Waals surface area contributed by atoms with E-state index in [1.165, 1.54) is 0 Å². The molecule has 0 saturated carbocycles. The van der Waals surface area contributed by atoms with Gasteiger partial charge < -0.3 is 37.5 Å². The van der Waals surface area contributed by atoms with E-state index < -0.39 is 47.9 Å². The molecule has 0 bridgehead atoms. The molecule has 9 N–H and O–H groups in total. The highest BCUT2D eigenvalue weighted by molar-refractivity contribution is 5.95. The third-order valence-corrected chi connectivity index (χ3v) is 6.52. The normalized spacial score (nSPS) is 14.6. The molecule has 1 heterocycles. The van der Waals surface area contributed by atoms with E-state index in [-0.39, 0.29) is 18.3 Å². The number of carboxylic acid groups (broad SMARTS) is 1. The smallest absolute Gasteiger partial charge is 0.326 e. The van der Waals surface area contributed by atoms with Crippen LogP contribution in [0.5, 0.6) is 0 Å². The fourth-order valence-electron chi connectivity index (χ4n) is 4.19. The van der Waals surface area contributed by atoms with Gasteiger partial charge in [-0.15, -0.1) is 0 Å². The molecule has 1 aromatic heterocycles. The largest absolute Gasteiger partial charge is 0.480 e. The number of aliphatic carboxylic acids is 1. The van der Waals surface area contributed by atoms with Crippen LogP contribution in [0.4, 0.5) is 0 Å². The zero-order chi connectivity index (χ0) is 28.4. The van der Waals surface area contributed by atoms with Gasteiger partial charge in [-0.25, -0.2) is 4.79 Å². The highest BCUT2D eigenvalue weighted by Gasteiger charge is 2.33. The predicted octanol–water partition coefficient (Wildman–Crippen LogP) is 1.02. The third-order valence-electron chi connectivity index (χ3n) is 6.52. The van der Waals surface area contributed by atoms with E-state index in [4.69, 9.17) is 11.5 Å². The predicted molar refractivity (Wildman–Crippen MR) is 146 cm³/mol. The van der Waals surface area contributed by atoms with E-state index in [1.54, 1.807) is 33.9 Å². The van der Waals surface area contributed by atoms with Gasteiger partial charge in [0.15, 0.2) is 0 Å². The lowest BCUT2D eigenvalue weighted by atomic mass is 9.99. The number of amides is 3. The van der Waals surface area contributed by atoms with Crippen molar-refractivity contribution in [2.24, 2.45) is 23.3 Å². The van der Waals surface area contributed by atoms with Crippen LogP contribution in [0.1, 0.15) is 52.5 Å². The van der Waals surface area contributed by atoms with E-state index >= 15 is 0 Å². The first kappa shape index (κ1) is 30.8. The molecule has 0 aliphatic rings. The van der Waals surface area contributed by atoms with Gasteiger partial charge in [-0.05, 0) is 42.9 Å². The Labute approximate surface area is 223 Å². The Kier molecular flexibility index (Phi) is 11.7. The summed E-state index contributed by atoms with van der Waals surface area (Å²) in [6.07, 6.45) is 3.75. The van der Waals surface area contributed by atoms with E-state index in [1.807, 2.05) is 24.3 Å². The minimum Gasteiger partial charge on any atom is -0.480 e. The highest BCUT2D eigenvalue weighted by atomic mass is 16.4. The molecule has 4 unspecified atom stereocenters. The van der Waals surface area contributed by atoms with Gasteiger partial charge in [-0.2, -0.15) is 0 Å². The number of rotatable bonds is 15. The average Bonchev–Trinajstić information content (AvgIpc) is 3.27. The Morgan fingerprint density at radius 1 is 0.895 bits per heavy atom. The third kappa shape index (κ3) is 8.56. The van der Waals surface area contributed by atoms with Crippen molar-refractivity contribution in [1.29, 1.82) is 0 Å². The van der Waals surface area contributed by atoms with Crippen molar-refractivity contribution in [3.05, 3.63) is 36.0 Å². The maximum atomic E-state index is 13.4. The lowest BCUT2D eigenvalue weighted by Gasteiger charge is -2.27. The summed E-state index contributed by atoms with van der Waals surface area (Å²) in [5, 5.41) is 18.5. The zero-order valence-corrected chi connectivity index (χ0v) is 22.6. The fraction of sp³-hybridized carbons (Fsp3) is 0.556. The number of carboxylic acids is 1. The number of carbonyl (C=O) groups is 4. The molecule has 11 heteroatoms. The van der Waals surface area contributed by atoms with Gasteiger partial charge in [0, 0.05) is 23.5 Å². The van der Waals surface area contributed by atoms with E-state index in [9.17, 15) is 24.3 Å². The first-order valence-corrected chi connectivity index (χ1v) is 13.1. The maximum absolute atomic E-state index is 13.4. The maximum Gasteiger partial charge on any atom is 0.326 e. The number of H-pyrrole nitrogens is 1. The second-order valence-electron chi connectivity index (χ2n) is 10.3. The lowest BCUT2D eigenvalue weighted by Crippen LogP contribution is -2.59. The molecule has 0 radical (unpaired) electrons. The summed E-state index contributed by atoms with van der Waals surface area (Å²) < 4.78 is 0. The molecule has 0 saturated heterocycles. The number of aromatic nitrogens is 1. The average molecular weight is 531 g/mol. The number of benzene rings is 1. The molecule has 0 fully saturated rings. The quantitative estimate of drug-likeness (QED) is 0.167. The van der Waals surface area contributed by atoms with Gasteiger partial charge in [0.05, 0.1) is 6.04 Å². The van der Waals surface area contributed by atoms with Gasteiger partial charge in [-0.1, -0.05) is 52.3 Å². The van der Waals surface area contributed by atoms with Crippen LogP contribution in [0, 0.1) is 11.8 Å². The van der Waals surface area contributed by atoms with Crippen molar-refractivity contribution < 1.29 is 24.3 Å². The minimum atomic E-state index is -1.17. The Hall–Kier alpha value is -3.44. The first-order valence-electron chi connectivity index (χ1n) is 13.1. The van der Waals surface area contributed by atoms with Crippen molar-refractivity contribution >= 4 is 34.6 Å². The monoisotopic (exact) mass is 530 g/mol. The Bertz CT molecular complexity index is 1100. The van der Waals surface area contributed by atoms with Crippen molar-refractivity contribution in [1.82, 2.24) is 20.9 Å². The molecule has 38 heavy (non-hydrogen) atoms. The number of aromatic amines is 1. The summed E-state index contributed by atoms with van der Waals surface area (Å²) in [6, 6.07) is 3.60. The molecule has 4 atom stereocenters. The summed E-state index contributed by atoms with van der Waals surface area (Å²) in [6.45, 7) is 7.43. The molecule has 2 aromatic rings. The van der Waals surface area contributed by atoms with Gasteiger partial charge in [0.1, 0.15) is 18.1 Å². The van der Waals surface area contributed by atoms with Crippen molar-refractivity contribution in [3.8, 4) is 0 Å². The summed E-state index contributed by atoms with van der Waals surface area (Å²) >= 11 is 0. The lowest BCUT2D eigenvalue weighted by molar-refractivity contribution is -0.143. The van der Waals surface area contributed by atoms with Crippen LogP contribution < -0.4 is 27.4 Å². The number of hydrogen-bond acceptors (Lipinski definition) is 6. The van der Waals surface area contributed by atoms with Gasteiger partial charge in [-0.3, -0.25) is 14.4 Å². The number of hydrogen-bond donors (Lipinski definition) is 7. The second-order valence-corrected chi connectivity index (χ2v) is 10.3. The summed E-state index contributed by atoms with van der Waals surface area (Å²) in [4.78, 5) is 54.2. The minimum absolute atomic E-state index is 0.114. The van der Waals surface area contributed by atoms with E-state index in [0.29, 0.717) is 19.4 Å². The SMILES string of the molecule is CC(C)C(NC(=O)C(Cc1c[nH]c2ccccc12)NC(=O)C(NC(=O)C(N)CCCCN)C(C)C)C(=O)O. The zero-order valence-electron chi connectivity index (χ0n) is 22.6. The highest BCUT2D eigenvalue weighted by Crippen LogP contribution is 2.19. The second kappa shape index (κ2) is 14.5. The fourth-order valence-corrected chi connectivity index (χ4v) is 4.19. The van der Waals surface area contributed by atoms with Crippen LogP contribution in [-0.2, 0) is 25.6 Å². The molecular formula is C27H42N6O5. The standard InChI is InChI=1S/C27H42N6O5/c1-15(2)22(32-24(34)19(29)10-7-8-12-28)26(36)31-21(25(35)33-23(16(3)4)27(37)38)13-17-14-30-20-11-6-5-9-18(17)20/h5-6,9,11,14-16,19,21-23,30H,7-8,10,12-13,28-29H2,1-4H3,(H,31,36)(H,32,34)(H,33,35)(H,37,38). The number of nitrogens with one attached hydrogen (secondary N) is 4. The molecule has 0 spiro atoms. The summed E-state index contributed by atoms with van der Waals surface area (Å²) in [7, 11) is 0. The Morgan fingerprint density at radius 3 is 2.13 bits per heavy atom. The van der Waals surface area contributed by atoms with Crippen LogP contribution in [0.2, 0.25) is 0 Å². The number of unbranched alkanes of at least 4 members (excludes halogenated alkanes) is 1. The number of nitrogens with two attached hydrogens (primary N) is 2. The number of para-hydroxylation sites is 1. The van der Waals surface area contributed by atoms with Gasteiger partial charge in [0.2, 0.25) is 17.7 Å². The topological polar surface area (TPSA) is 192 Å². The van der Waals surface area contributed by atoms with Gasteiger partial charge >= 0.3 is 5.97 Å². The Balaban J connectivity index is 2.26. The van der Waals surface area contributed by atoms with Crippen LogP contribution >= 0.6 is 0 Å². The van der Waals surface area contributed by atoms with Crippen molar-refractivity contribution in [2.75, 3.05) is 6.54 Å². The molecule has 0 aliphatic heterocycles. The van der Waals surface area contributed by atoms with Crippen molar-refractivity contribution in [2.45, 2.75) is 77.5 Å². The molecule has 3 amide bonds. The molecule has 2 rings (SSSR count). The van der Waals surface area contributed by atoms with Crippen LogP contribution in [0.25, 0.3) is 10.9 Å². The molecule has 1 aromatic carbocycles. The summed E-state index contributed by atoms with van der Waals surface area (Å²) in [5.41, 5.74) is 13.2. The van der Waals surface area contributed by atoms with E-state index in [0.717, 1.165) is 22.9 Å². The molecule has 210 valence electrons. The molecule has 0 aliphatic carbocycles. The van der Waals surface area contributed by atoms with Gasteiger partial charge in [0.25, 0.3) is 0 Å².